The minimum Gasteiger partial charge on any atom is -0.461 e. The maximum Gasteiger partial charge on any atom is 0.404 e. The van der Waals surface area contributed by atoms with Crippen molar-refractivity contribution >= 4 is 18.0 Å². The summed E-state index contributed by atoms with van der Waals surface area (Å²) < 4.78 is 11.1. The Hall–Kier alpha value is -2.91. The zero-order chi connectivity index (χ0) is 31.5. The maximum atomic E-state index is 12.8. The summed E-state index contributed by atoms with van der Waals surface area (Å²) in [5.74, 6) is -0.0500. The second-order valence-corrected chi connectivity index (χ2v) is 11.9. The van der Waals surface area contributed by atoms with Crippen LogP contribution in [0, 0.1) is 11.8 Å². The second-order valence-electron chi connectivity index (χ2n) is 11.9. The first-order valence-electron chi connectivity index (χ1n) is 15.4. The van der Waals surface area contributed by atoms with Crippen molar-refractivity contribution in [2.75, 3.05) is 0 Å². The molecular formula is C33H54N2O7. The second kappa shape index (κ2) is 20.9. The number of nitrogens with one attached hydrogen (secondary N) is 1. The minimum atomic E-state index is -0.931. The number of hydrogen-bond donors (Lipinski definition) is 4. The Labute approximate surface area is 252 Å². The van der Waals surface area contributed by atoms with Gasteiger partial charge in [-0.1, -0.05) is 69.1 Å². The Morgan fingerprint density at radius 3 is 2.57 bits per heavy atom. The lowest BCUT2D eigenvalue weighted by molar-refractivity contribution is -0.150. The molecule has 1 heterocycles. The number of cyclic esters (lactones) is 1. The van der Waals surface area contributed by atoms with Gasteiger partial charge in [-0.25, -0.2) is 4.79 Å². The number of rotatable bonds is 7. The van der Waals surface area contributed by atoms with Crippen molar-refractivity contribution in [2.24, 2.45) is 17.6 Å². The quantitative estimate of drug-likeness (QED) is 0.218. The summed E-state index contributed by atoms with van der Waals surface area (Å²) in [5, 5.41) is 23.7. The van der Waals surface area contributed by atoms with Crippen molar-refractivity contribution in [1.82, 2.24) is 5.32 Å². The molecule has 0 saturated carbocycles. The third-order valence-electron chi connectivity index (χ3n) is 7.15. The standard InChI is InChI=1S/C33H54N2O7/c1-23(2)20-31(38)35-19-18-25(4)21-26(5)30-22-24(3)12-8-6-10-14-29(42-33(34)40)28(37)17-16-27(36)13-9-7-11-15-32(39)41-30/h6,8,12,18-19,21,23,26-30,36-37H,7,9-11,13-17,20,22H2,1-5H3,(H2,34,40)(H,35,38)/b8-6+,19-18+,24-12+,25-21+/t26-,27+,28+,29+,30+/m0/s1. The van der Waals surface area contributed by atoms with Gasteiger partial charge in [0.15, 0.2) is 0 Å². The first kappa shape index (κ1) is 37.1. The summed E-state index contributed by atoms with van der Waals surface area (Å²) >= 11 is 0. The SMILES string of the molecule is CC(/C=C/NC(=O)CC(C)C)=C\[C@H](C)[C@H]1C/C(C)=C/C=C/CC[C@@H](OC(N)=O)[C@H](O)CC[C@H](O)CCCCCC(=O)O1. The van der Waals surface area contributed by atoms with E-state index in [1.165, 1.54) is 0 Å². The first-order valence-corrected chi connectivity index (χ1v) is 15.4. The van der Waals surface area contributed by atoms with Crippen molar-refractivity contribution in [1.29, 1.82) is 0 Å². The molecule has 0 aromatic rings. The number of primary amides is 1. The van der Waals surface area contributed by atoms with Crippen LogP contribution in [0.3, 0.4) is 0 Å². The largest absolute Gasteiger partial charge is 0.461 e. The number of aliphatic hydroxyl groups is 2. The lowest BCUT2D eigenvalue weighted by Gasteiger charge is -2.23. The van der Waals surface area contributed by atoms with Gasteiger partial charge in [0, 0.05) is 31.4 Å². The van der Waals surface area contributed by atoms with Crippen LogP contribution < -0.4 is 11.1 Å². The topological polar surface area (TPSA) is 148 Å². The van der Waals surface area contributed by atoms with Gasteiger partial charge in [-0.2, -0.15) is 0 Å². The molecule has 1 rings (SSSR count). The highest BCUT2D eigenvalue weighted by molar-refractivity contribution is 5.77. The average molecular weight is 591 g/mol. The van der Waals surface area contributed by atoms with Crippen LogP contribution in [0.4, 0.5) is 4.79 Å². The molecule has 2 amide bonds. The number of aliphatic hydroxyl groups excluding tert-OH is 2. The number of carbonyl (C=O) groups excluding carboxylic acids is 3. The summed E-state index contributed by atoms with van der Waals surface area (Å²) in [6.45, 7) is 9.94. The van der Waals surface area contributed by atoms with Gasteiger partial charge in [0.2, 0.25) is 5.91 Å². The highest BCUT2D eigenvalue weighted by atomic mass is 16.6. The van der Waals surface area contributed by atoms with Crippen molar-refractivity contribution in [3.05, 3.63) is 47.7 Å². The van der Waals surface area contributed by atoms with E-state index in [0.29, 0.717) is 57.8 Å². The fraction of sp³-hybridized carbons (Fsp3) is 0.667. The summed E-state index contributed by atoms with van der Waals surface area (Å²) in [6, 6.07) is 0. The molecule has 0 bridgehead atoms. The third-order valence-corrected chi connectivity index (χ3v) is 7.15. The molecule has 1 aliphatic heterocycles. The Morgan fingerprint density at radius 2 is 1.88 bits per heavy atom. The molecule has 42 heavy (non-hydrogen) atoms. The molecule has 0 fully saturated rings. The molecule has 0 radical (unpaired) electrons. The van der Waals surface area contributed by atoms with E-state index in [-0.39, 0.29) is 29.8 Å². The van der Waals surface area contributed by atoms with Crippen LogP contribution in [0.2, 0.25) is 0 Å². The molecule has 9 heteroatoms. The van der Waals surface area contributed by atoms with Crippen molar-refractivity contribution < 1.29 is 34.1 Å². The molecule has 0 unspecified atom stereocenters. The van der Waals surface area contributed by atoms with E-state index in [2.05, 4.69) is 5.32 Å². The van der Waals surface area contributed by atoms with Gasteiger partial charge in [0.25, 0.3) is 0 Å². The summed E-state index contributed by atoms with van der Waals surface area (Å²) in [4.78, 5) is 36.0. The number of allylic oxidation sites excluding steroid dienone is 5. The van der Waals surface area contributed by atoms with Crippen molar-refractivity contribution in [2.45, 2.75) is 130 Å². The zero-order valence-electron chi connectivity index (χ0n) is 26.2. The number of amides is 2. The molecule has 0 aromatic carbocycles. The van der Waals surface area contributed by atoms with E-state index in [0.717, 1.165) is 24.0 Å². The van der Waals surface area contributed by atoms with Crippen LogP contribution >= 0.6 is 0 Å². The van der Waals surface area contributed by atoms with E-state index in [1.807, 2.05) is 65.0 Å². The molecule has 238 valence electrons. The minimum absolute atomic E-state index is 0.0264. The summed E-state index contributed by atoms with van der Waals surface area (Å²) in [6.07, 6.45) is 13.5. The van der Waals surface area contributed by atoms with E-state index in [9.17, 15) is 24.6 Å². The fourth-order valence-electron chi connectivity index (χ4n) is 4.81. The smallest absolute Gasteiger partial charge is 0.404 e. The third kappa shape index (κ3) is 17.8. The molecule has 9 nitrogen and oxygen atoms in total. The van der Waals surface area contributed by atoms with Gasteiger partial charge < -0.3 is 30.7 Å². The van der Waals surface area contributed by atoms with E-state index in [4.69, 9.17) is 15.2 Å². The van der Waals surface area contributed by atoms with Crippen LogP contribution in [-0.4, -0.2) is 52.6 Å². The number of carbonyl (C=O) groups is 3. The van der Waals surface area contributed by atoms with Gasteiger partial charge in [-0.3, -0.25) is 9.59 Å². The number of hydrogen-bond acceptors (Lipinski definition) is 7. The molecule has 5 N–H and O–H groups in total. The van der Waals surface area contributed by atoms with Crippen LogP contribution in [0.1, 0.15) is 105 Å². The molecule has 0 spiro atoms. The predicted molar refractivity (Wildman–Crippen MR) is 165 cm³/mol. The predicted octanol–water partition coefficient (Wildman–Crippen LogP) is 5.76. The first-order chi connectivity index (χ1) is 19.9. The Balaban J connectivity index is 3.00. The molecule has 0 aliphatic carbocycles. The zero-order valence-corrected chi connectivity index (χ0v) is 26.2. The highest BCUT2D eigenvalue weighted by Gasteiger charge is 2.23. The van der Waals surface area contributed by atoms with E-state index < -0.39 is 24.4 Å². The van der Waals surface area contributed by atoms with Crippen LogP contribution in [0.15, 0.2) is 47.7 Å². The van der Waals surface area contributed by atoms with Gasteiger partial charge in [0.1, 0.15) is 12.2 Å². The summed E-state index contributed by atoms with van der Waals surface area (Å²) in [5.41, 5.74) is 7.19. The van der Waals surface area contributed by atoms with E-state index in [1.54, 1.807) is 6.20 Å². The van der Waals surface area contributed by atoms with Crippen LogP contribution in [0.25, 0.3) is 0 Å². The molecule has 0 aromatic heterocycles. The molecule has 0 saturated heterocycles. The number of esters is 1. The monoisotopic (exact) mass is 590 g/mol. The number of ether oxygens (including phenoxy) is 2. The average Bonchev–Trinajstić information content (AvgIpc) is 2.89. The van der Waals surface area contributed by atoms with Crippen molar-refractivity contribution in [3.63, 3.8) is 0 Å². The Kier molecular flexibility index (Phi) is 18.5. The van der Waals surface area contributed by atoms with Gasteiger partial charge in [-0.05, 0) is 64.4 Å². The van der Waals surface area contributed by atoms with Gasteiger partial charge in [-0.15, -0.1) is 0 Å². The van der Waals surface area contributed by atoms with Gasteiger partial charge in [0.05, 0.1) is 12.2 Å². The molecular weight excluding hydrogens is 536 g/mol. The normalized spacial score (nSPS) is 27.4. The van der Waals surface area contributed by atoms with Crippen LogP contribution in [0.5, 0.6) is 0 Å². The molecule has 1 aliphatic rings. The lowest BCUT2D eigenvalue weighted by Crippen LogP contribution is -2.34. The fourth-order valence-corrected chi connectivity index (χ4v) is 4.81. The molecule has 5 atom stereocenters. The Morgan fingerprint density at radius 1 is 1.14 bits per heavy atom. The Bertz CT molecular complexity index is 954. The highest BCUT2D eigenvalue weighted by Crippen LogP contribution is 2.22. The summed E-state index contributed by atoms with van der Waals surface area (Å²) in [7, 11) is 0. The maximum absolute atomic E-state index is 12.8. The van der Waals surface area contributed by atoms with Gasteiger partial charge >= 0.3 is 12.1 Å². The van der Waals surface area contributed by atoms with Crippen molar-refractivity contribution in [3.8, 4) is 0 Å². The van der Waals surface area contributed by atoms with E-state index >= 15 is 0 Å². The number of nitrogens with two attached hydrogens (primary N) is 1. The lowest BCUT2D eigenvalue weighted by atomic mass is 9.95. The van der Waals surface area contributed by atoms with Crippen LogP contribution in [-0.2, 0) is 19.1 Å².